The maximum absolute atomic E-state index is 4.67. The molecule has 2 rings (SSSR count). The second-order valence-electron chi connectivity index (χ2n) is 6.92. The van der Waals surface area contributed by atoms with Crippen LogP contribution in [0.4, 0.5) is 0 Å². The van der Waals surface area contributed by atoms with Crippen molar-refractivity contribution < 1.29 is 0 Å². The van der Waals surface area contributed by atoms with Crippen molar-refractivity contribution in [1.29, 1.82) is 0 Å². The molecule has 1 aromatic rings. The van der Waals surface area contributed by atoms with Gasteiger partial charge in [-0.25, -0.2) is 4.99 Å². The number of likely N-dealkylation sites (tertiary alicyclic amines) is 1. The Balaban J connectivity index is 1.92. The molecule has 0 aliphatic carbocycles. The van der Waals surface area contributed by atoms with Crippen LogP contribution < -0.4 is 10.6 Å². The van der Waals surface area contributed by atoms with E-state index in [0.29, 0.717) is 18.5 Å². The molecule has 24 heavy (non-hydrogen) atoms. The molecule has 0 spiro atoms. The van der Waals surface area contributed by atoms with E-state index in [0.717, 1.165) is 24.7 Å². The van der Waals surface area contributed by atoms with Crippen LogP contribution in [0.25, 0.3) is 0 Å². The van der Waals surface area contributed by atoms with Crippen LogP contribution in [0.1, 0.15) is 45.7 Å². The van der Waals surface area contributed by atoms with Crippen LogP contribution in [-0.2, 0) is 6.54 Å². The van der Waals surface area contributed by atoms with E-state index in [1.54, 1.807) is 0 Å². The van der Waals surface area contributed by atoms with Crippen LogP contribution in [0.5, 0.6) is 0 Å². The quantitative estimate of drug-likeness (QED) is 0.568. The highest BCUT2D eigenvalue weighted by Gasteiger charge is 2.22. The molecular formula is C19H33N5. The summed E-state index contributed by atoms with van der Waals surface area (Å²) < 4.78 is 0. The van der Waals surface area contributed by atoms with Crippen molar-refractivity contribution >= 4 is 5.96 Å². The third-order valence-corrected chi connectivity index (χ3v) is 4.38. The molecule has 1 aliphatic rings. The Hall–Kier alpha value is -1.62. The van der Waals surface area contributed by atoms with Gasteiger partial charge in [0.1, 0.15) is 0 Å². The van der Waals surface area contributed by atoms with E-state index in [4.69, 9.17) is 0 Å². The van der Waals surface area contributed by atoms with E-state index in [-0.39, 0.29) is 0 Å². The molecular weight excluding hydrogens is 298 g/mol. The third-order valence-electron chi connectivity index (χ3n) is 4.38. The van der Waals surface area contributed by atoms with E-state index in [9.17, 15) is 0 Å². The van der Waals surface area contributed by atoms with Gasteiger partial charge in [0.25, 0.3) is 0 Å². The normalized spacial score (nSPS) is 17.2. The maximum Gasteiger partial charge on any atom is 0.191 e. The molecule has 1 atom stereocenters. The summed E-state index contributed by atoms with van der Waals surface area (Å²) in [4.78, 5) is 11.6. The predicted octanol–water partition coefficient (Wildman–Crippen LogP) is 2.65. The zero-order chi connectivity index (χ0) is 17.2. The Morgan fingerprint density at radius 2 is 2.04 bits per heavy atom. The van der Waals surface area contributed by atoms with Gasteiger partial charge in [0.15, 0.2) is 5.96 Å². The van der Waals surface area contributed by atoms with Gasteiger partial charge in [-0.1, -0.05) is 19.9 Å². The van der Waals surface area contributed by atoms with E-state index in [1.165, 1.54) is 32.4 Å². The van der Waals surface area contributed by atoms with Gasteiger partial charge >= 0.3 is 0 Å². The number of hydrogen-bond acceptors (Lipinski definition) is 3. The monoisotopic (exact) mass is 331 g/mol. The van der Waals surface area contributed by atoms with Crippen LogP contribution in [0.15, 0.2) is 29.4 Å². The molecule has 0 amide bonds. The first kappa shape index (κ1) is 18.7. The minimum atomic E-state index is 0.589. The summed E-state index contributed by atoms with van der Waals surface area (Å²) in [5.41, 5.74) is 0.993. The van der Waals surface area contributed by atoms with Crippen LogP contribution in [0.3, 0.4) is 0 Å². The first-order valence-electron chi connectivity index (χ1n) is 9.35. The first-order chi connectivity index (χ1) is 11.7. The third kappa shape index (κ3) is 6.48. The van der Waals surface area contributed by atoms with Gasteiger partial charge in [-0.05, 0) is 57.3 Å². The topological polar surface area (TPSA) is 52.6 Å². The highest BCUT2D eigenvalue weighted by atomic mass is 15.2. The van der Waals surface area contributed by atoms with Crippen molar-refractivity contribution in [2.45, 2.75) is 52.6 Å². The lowest BCUT2D eigenvalue weighted by atomic mass is 10.0. The fourth-order valence-corrected chi connectivity index (χ4v) is 3.22. The lowest BCUT2D eigenvalue weighted by Crippen LogP contribution is -2.47. The summed E-state index contributed by atoms with van der Waals surface area (Å²) in [6, 6.07) is 6.54. The molecule has 5 nitrogen and oxygen atoms in total. The Morgan fingerprint density at radius 1 is 1.25 bits per heavy atom. The van der Waals surface area contributed by atoms with Gasteiger partial charge in [0.05, 0.1) is 12.2 Å². The molecule has 1 aromatic heterocycles. The molecule has 1 unspecified atom stereocenters. The number of nitrogens with one attached hydrogen (secondary N) is 2. The molecule has 1 saturated heterocycles. The van der Waals surface area contributed by atoms with Crippen molar-refractivity contribution in [3.8, 4) is 0 Å². The summed E-state index contributed by atoms with van der Waals surface area (Å²) in [5.74, 6) is 1.60. The number of hydrogen-bond donors (Lipinski definition) is 2. The lowest BCUT2D eigenvalue weighted by Gasteiger charge is -2.29. The molecule has 0 aromatic carbocycles. The number of guanidine groups is 1. The largest absolute Gasteiger partial charge is 0.357 e. The zero-order valence-electron chi connectivity index (χ0n) is 15.5. The standard InChI is InChI=1S/C19H33N5/c1-4-20-19(22-14-17-9-5-6-10-21-17)23-15-18(13-16(2)3)24-11-7-8-12-24/h5-6,9-10,16,18H,4,7-8,11-15H2,1-3H3,(H2,20,22,23). The summed E-state index contributed by atoms with van der Waals surface area (Å²) >= 11 is 0. The average molecular weight is 332 g/mol. The van der Waals surface area contributed by atoms with E-state index in [2.05, 4.69) is 46.3 Å². The van der Waals surface area contributed by atoms with Crippen molar-refractivity contribution in [1.82, 2.24) is 20.5 Å². The SMILES string of the molecule is CCNC(=NCc1ccccn1)NCC(CC(C)C)N1CCCC1. The van der Waals surface area contributed by atoms with Crippen LogP contribution >= 0.6 is 0 Å². The van der Waals surface area contributed by atoms with Gasteiger partial charge in [-0.2, -0.15) is 0 Å². The highest BCUT2D eigenvalue weighted by Crippen LogP contribution is 2.17. The molecule has 134 valence electrons. The maximum atomic E-state index is 4.67. The van der Waals surface area contributed by atoms with Crippen LogP contribution in [0.2, 0.25) is 0 Å². The molecule has 2 heterocycles. The van der Waals surface area contributed by atoms with E-state index in [1.807, 2.05) is 24.4 Å². The van der Waals surface area contributed by atoms with E-state index < -0.39 is 0 Å². The fraction of sp³-hybridized carbons (Fsp3) is 0.684. The lowest BCUT2D eigenvalue weighted by molar-refractivity contribution is 0.213. The number of aromatic nitrogens is 1. The number of rotatable bonds is 8. The summed E-state index contributed by atoms with van der Waals surface area (Å²) in [6.07, 6.45) is 5.72. The number of nitrogens with zero attached hydrogens (tertiary/aromatic N) is 3. The molecule has 1 aliphatic heterocycles. The van der Waals surface area contributed by atoms with Gasteiger partial charge in [0, 0.05) is 25.3 Å². The Bertz CT molecular complexity index is 480. The van der Waals surface area contributed by atoms with Gasteiger partial charge in [-0.3, -0.25) is 9.88 Å². The molecule has 0 saturated carbocycles. The molecule has 1 fully saturated rings. The molecule has 0 bridgehead atoms. The van der Waals surface area contributed by atoms with Crippen molar-refractivity contribution in [3.63, 3.8) is 0 Å². The van der Waals surface area contributed by atoms with Gasteiger partial charge < -0.3 is 10.6 Å². The Kier molecular flexibility index (Phi) is 8.02. The first-order valence-corrected chi connectivity index (χ1v) is 9.35. The second-order valence-corrected chi connectivity index (χ2v) is 6.92. The number of aliphatic imine (C=N–C) groups is 1. The van der Waals surface area contributed by atoms with Crippen LogP contribution in [-0.4, -0.2) is 48.1 Å². The predicted molar refractivity (Wildman–Crippen MR) is 101 cm³/mol. The minimum Gasteiger partial charge on any atom is -0.357 e. The minimum absolute atomic E-state index is 0.589. The summed E-state index contributed by atoms with van der Waals surface area (Å²) in [6.45, 7) is 11.6. The highest BCUT2D eigenvalue weighted by molar-refractivity contribution is 5.79. The van der Waals surface area contributed by atoms with Gasteiger partial charge in [-0.15, -0.1) is 0 Å². The van der Waals surface area contributed by atoms with Crippen molar-refractivity contribution in [2.24, 2.45) is 10.9 Å². The molecule has 5 heteroatoms. The van der Waals surface area contributed by atoms with Crippen LogP contribution in [0, 0.1) is 5.92 Å². The van der Waals surface area contributed by atoms with Gasteiger partial charge in [0.2, 0.25) is 0 Å². The Morgan fingerprint density at radius 3 is 2.67 bits per heavy atom. The smallest absolute Gasteiger partial charge is 0.191 e. The molecule has 0 radical (unpaired) electrons. The summed E-state index contributed by atoms with van der Waals surface area (Å²) in [7, 11) is 0. The Labute approximate surface area is 147 Å². The average Bonchev–Trinajstić information content (AvgIpc) is 3.11. The fourth-order valence-electron chi connectivity index (χ4n) is 3.22. The zero-order valence-corrected chi connectivity index (χ0v) is 15.5. The molecule has 2 N–H and O–H groups in total. The number of pyridine rings is 1. The van der Waals surface area contributed by atoms with Crippen molar-refractivity contribution in [2.75, 3.05) is 26.2 Å². The van der Waals surface area contributed by atoms with E-state index >= 15 is 0 Å². The van der Waals surface area contributed by atoms with Crippen molar-refractivity contribution in [3.05, 3.63) is 30.1 Å². The second kappa shape index (κ2) is 10.3. The summed E-state index contributed by atoms with van der Waals surface area (Å²) in [5, 5.41) is 6.89.